The van der Waals surface area contributed by atoms with Crippen LogP contribution < -0.4 is 0 Å². The Morgan fingerprint density at radius 2 is 0.800 bits per heavy atom. The van der Waals surface area contributed by atoms with Crippen LogP contribution in [0.1, 0.15) is 0 Å². The quantitative estimate of drug-likeness (QED) is 0.331. The number of hydrogen-bond acceptors (Lipinski definition) is 2. The van der Waals surface area contributed by atoms with E-state index >= 15 is 0 Å². The summed E-state index contributed by atoms with van der Waals surface area (Å²) in [5.41, 5.74) is 0. The maximum atomic E-state index is 8.74. The fourth-order valence-corrected chi connectivity index (χ4v) is 0. The summed E-state index contributed by atoms with van der Waals surface area (Å²) in [6, 6.07) is 0. The monoisotopic (exact) mass is 326 g/mol. The summed E-state index contributed by atoms with van der Waals surface area (Å²) in [6.45, 7) is 0. The molecule has 6 nitrogen and oxygen atoms in total. The summed E-state index contributed by atoms with van der Waals surface area (Å²) in [7, 11) is -6.26. The van der Waals surface area contributed by atoms with Gasteiger partial charge in [-0.25, -0.2) is 0 Å². The van der Waals surface area contributed by atoms with Crippen LogP contribution in [-0.4, -0.2) is 104 Å². The SMILES string of the molecule is O=[Si](O)O.O=[Si](O)O.[AlH3].[BaH2]. The van der Waals surface area contributed by atoms with Crippen LogP contribution in [0.4, 0.5) is 0 Å². The van der Waals surface area contributed by atoms with Gasteiger partial charge in [-0.15, -0.1) is 0 Å². The van der Waals surface area contributed by atoms with Gasteiger partial charge in [-0.05, 0) is 0 Å². The van der Waals surface area contributed by atoms with E-state index in [1.54, 1.807) is 0 Å². The van der Waals surface area contributed by atoms with E-state index in [2.05, 4.69) is 0 Å². The molecule has 0 unspecified atom stereocenters. The van der Waals surface area contributed by atoms with Gasteiger partial charge in [0, 0.05) is 0 Å². The molecule has 0 aromatic carbocycles. The molecule has 58 valence electrons. The Balaban J connectivity index is -0.0000000300. The molecule has 0 aromatic rings. The van der Waals surface area contributed by atoms with Gasteiger partial charge in [-0.1, -0.05) is 0 Å². The minimum atomic E-state index is -3.13. The standard InChI is InChI=1S/Al.Ba.2H2O3Si.5H/c;;2*1-4(2)3;;;;;/h;;2*1-2H;;;;;. The van der Waals surface area contributed by atoms with Gasteiger partial charge >= 0.3 is 67.2 Å². The van der Waals surface area contributed by atoms with E-state index in [9.17, 15) is 0 Å². The van der Waals surface area contributed by atoms with Crippen molar-refractivity contribution in [3.8, 4) is 0 Å². The van der Waals surface area contributed by atoms with Crippen LogP contribution in [0.5, 0.6) is 0 Å². The third-order valence-electron chi connectivity index (χ3n) is 0. The van der Waals surface area contributed by atoms with Crippen LogP contribution in [0.2, 0.25) is 0 Å². The van der Waals surface area contributed by atoms with Crippen molar-refractivity contribution < 1.29 is 28.1 Å². The van der Waals surface area contributed by atoms with E-state index in [4.69, 9.17) is 28.1 Å². The Morgan fingerprint density at radius 1 is 0.800 bits per heavy atom. The molecule has 0 amide bonds. The summed E-state index contributed by atoms with van der Waals surface area (Å²) in [5, 5.41) is 0. The van der Waals surface area contributed by atoms with Crippen LogP contribution in [0, 0.1) is 0 Å². The molecule has 10 heavy (non-hydrogen) atoms. The zero-order valence-electron chi connectivity index (χ0n) is 3.61. The van der Waals surface area contributed by atoms with Crippen molar-refractivity contribution >= 4 is 84.6 Å². The molecule has 0 saturated carbocycles. The van der Waals surface area contributed by atoms with Crippen LogP contribution in [0.3, 0.4) is 0 Å². The van der Waals surface area contributed by atoms with Crippen molar-refractivity contribution in [2.75, 3.05) is 0 Å². The van der Waals surface area contributed by atoms with Gasteiger partial charge in [0.1, 0.15) is 0 Å². The van der Waals surface area contributed by atoms with Gasteiger partial charge in [0.15, 0.2) is 17.4 Å². The van der Waals surface area contributed by atoms with Crippen LogP contribution in [0.25, 0.3) is 0 Å². The van der Waals surface area contributed by atoms with Gasteiger partial charge in [-0.3, -0.25) is 8.92 Å². The molecule has 0 radical (unpaired) electrons. The third-order valence-corrected chi connectivity index (χ3v) is 0. The second kappa shape index (κ2) is 16.7. The molecule has 0 spiro atoms. The minimum absolute atomic E-state index is 0. The van der Waals surface area contributed by atoms with Gasteiger partial charge < -0.3 is 19.2 Å². The molecular formula is H9AlBaO6Si2. The van der Waals surface area contributed by atoms with Crippen LogP contribution in [-0.2, 0) is 8.92 Å². The average molecular weight is 326 g/mol. The fourth-order valence-electron chi connectivity index (χ4n) is 0. The summed E-state index contributed by atoms with van der Waals surface area (Å²) in [5.74, 6) is 0. The van der Waals surface area contributed by atoms with E-state index in [0.29, 0.717) is 0 Å². The maximum absolute atomic E-state index is 8.74. The van der Waals surface area contributed by atoms with E-state index in [1.807, 2.05) is 0 Å². The van der Waals surface area contributed by atoms with Crippen molar-refractivity contribution in [3.05, 3.63) is 0 Å². The zero-order valence-corrected chi connectivity index (χ0v) is 5.61. The first-order valence-electron chi connectivity index (χ1n) is 1.30. The van der Waals surface area contributed by atoms with E-state index < -0.39 is 18.3 Å². The van der Waals surface area contributed by atoms with Gasteiger partial charge in [0.25, 0.3) is 0 Å². The number of hydrogen-bond donors (Lipinski definition) is 4. The average Bonchev–Trinajstić information content (AvgIpc) is 1.25. The molecule has 0 rings (SSSR count). The molecule has 0 saturated heterocycles. The summed E-state index contributed by atoms with van der Waals surface area (Å²) in [4.78, 5) is 28.6. The van der Waals surface area contributed by atoms with Crippen LogP contribution in [0.15, 0.2) is 0 Å². The second-order valence-corrected chi connectivity index (χ2v) is 1.70. The van der Waals surface area contributed by atoms with Gasteiger partial charge in [0.05, 0.1) is 0 Å². The predicted molar refractivity (Wildman–Crippen MR) is 40.2 cm³/mol. The van der Waals surface area contributed by atoms with E-state index in [-0.39, 0.29) is 66.2 Å². The van der Waals surface area contributed by atoms with Crippen molar-refractivity contribution in [1.82, 2.24) is 0 Å². The van der Waals surface area contributed by atoms with E-state index in [1.165, 1.54) is 0 Å². The molecule has 0 heterocycles. The summed E-state index contributed by atoms with van der Waals surface area (Å²) >= 11 is 0. The molecule has 0 aliphatic rings. The summed E-state index contributed by atoms with van der Waals surface area (Å²) < 4.78 is 17.5. The first kappa shape index (κ1) is 22.5. The van der Waals surface area contributed by atoms with Crippen molar-refractivity contribution in [2.45, 2.75) is 0 Å². The zero-order chi connectivity index (χ0) is 7.15. The molecule has 0 bridgehead atoms. The van der Waals surface area contributed by atoms with Crippen molar-refractivity contribution in [2.24, 2.45) is 0 Å². The first-order chi connectivity index (χ1) is 3.46. The van der Waals surface area contributed by atoms with Crippen LogP contribution >= 0.6 is 0 Å². The topological polar surface area (TPSA) is 115 Å². The molecule has 0 aliphatic heterocycles. The molecule has 0 atom stereocenters. The third kappa shape index (κ3) is 363. The molecule has 10 heteroatoms. The Hall–Kier alpha value is 1.34. The Kier molecular flexibility index (Phi) is 37.7. The van der Waals surface area contributed by atoms with Gasteiger partial charge in [0.2, 0.25) is 0 Å². The fraction of sp³-hybridized carbons (Fsp3) is 0. The first-order valence-corrected chi connectivity index (χ1v) is 3.91. The molecule has 0 aliphatic carbocycles. The molecule has 0 fully saturated rings. The summed E-state index contributed by atoms with van der Waals surface area (Å²) in [6.07, 6.45) is 0. The van der Waals surface area contributed by atoms with Crippen molar-refractivity contribution in [1.29, 1.82) is 0 Å². The number of rotatable bonds is 0. The predicted octanol–water partition coefficient (Wildman–Crippen LogP) is -5.33. The normalized spacial score (nSPS) is 4.80. The Bertz CT molecular complexity index is 73.7. The van der Waals surface area contributed by atoms with E-state index in [0.717, 1.165) is 0 Å². The van der Waals surface area contributed by atoms with Gasteiger partial charge in [-0.2, -0.15) is 0 Å². The van der Waals surface area contributed by atoms with Crippen molar-refractivity contribution in [3.63, 3.8) is 0 Å². The second-order valence-electron chi connectivity index (χ2n) is 0.565. The molecule has 0 aromatic heterocycles. The molecule has 4 N–H and O–H groups in total. The molecular weight excluding hydrogens is 316 g/mol. The Morgan fingerprint density at radius 3 is 0.800 bits per heavy atom. The Labute approximate surface area is 111 Å².